The highest BCUT2D eigenvalue weighted by atomic mass is 79.9. The van der Waals surface area contributed by atoms with Gasteiger partial charge >= 0.3 is 0 Å². The van der Waals surface area contributed by atoms with Crippen molar-refractivity contribution in [2.75, 3.05) is 12.1 Å². The molecule has 0 spiro atoms. The van der Waals surface area contributed by atoms with Gasteiger partial charge in [0.25, 0.3) is 5.91 Å². The van der Waals surface area contributed by atoms with Gasteiger partial charge in [-0.1, -0.05) is 6.07 Å². The SMILES string of the molecule is O=C(NCc1cc(Br)c2c(c1)OCO2)c1cccnc1Nc1cccc(F)c1. The van der Waals surface area contributed by atoms with E-state index in [0.717, 1.165) is 10.0 Å². The predicted molar refractivity (Wildman–Crippen MR) is 105 cm³/mol. The van der Waals surface area contributed by atoms with Crippen LogP contribution >= 0.6 is 15.9 Å². The summed E-state index contributed by atoms with van der Waals surface area (Å²) >= 11 is 3.44. The normalized spacial score (nSPS) is 11.9. The number of hydrogen-bond donors (Lipinski definition) is 2. The third kappa shape index (κ3) is 3.91. The van der Waals surface area contributed by atoms with E-state index in [0.29, 0.717) is 35.1 Å². The van der Waals surface area contributed by atoms with Gasteiger partial charge in [-0.3, -0.25) is 4.79 Å². The molecule has 2 aromatic carbocycles. The Labute approximate surface area is 168 Å². The van der Waals surface area contributed by atoms with Crippen molar-refractivity contribution in [1.82, 2.24) is 10.3 Å². The van der Waals surface area contributed by atoms with E-state index in [2.05, 4.69) is 31.5 Å². The molecule has 0 aliphatic carbocycles. The average molecular weight is 444 g/mol. The molecule has 0 radical (unpaired) electrons. The van der Waals surface area contributed by atoms with Crippen molar-refractivity contribution in [2.45, 2.75) is 6.54 Å². The Morgan fingerprint density at radius 3 is 2.93 bits per heavy atom. The minimum Gasteiger partial charge on any atom is -0.454 e. The number of nitrogens with one attached hydrogen (secondary N) is 2. The first-order chi connectivity index (χ1) is 13.6. The monoisotopic (exact) mass is 443 g/mol. The van der Waals surface area contributed by atoms with Gasteiger partial charge in [0.2, 0.25) is 6.79 Å². The molecule has 1 aliphatic heterocycles. The van der Waals surface area contributed by atoms with Crippen LogP contribution in [0, 0.1) is 5.82 Å². The number of amides is 1. The molecule has 3 aromatic rings. The number of benzene rings is 2. The number of anilines is 2. The van der Waals surface area contributed by atoms with Crippen LogP contribution in [0.5, 0.6) is 11.5 Å². The van der Waals surface area contributed by atoms with Crippen LogP contribution < -0.4 is 20.1 Å². The fraction of sp³-hybridized carbons (Fsp3) is 0.100. The van der Waals surface area contributed by atoms with Crippen LogP contribution in [0.3, 0.4) is 0 Å². The van der Waals surface area contributed by atoms with Crippen LogP contribution in [-0.2, 0) is 6.54 Å². The number of fused-ring (bicyclic) bond motifs is 1. The number of rotatable bonds is 5. The third-order valence-electron chi connectivity index (χ3n) is 4.08. The second-order valence-corrected chi connectivity index (χ2v) is 6.88. The number of halogens is 2. The molecule has 0 saturated carbocycles. The summed E-state index contributed by atoms with van der Waals surface area (Å²) in [5.41, 5.74) is 1.71. The van der Waals surface area contributed by atoms with E-state index in [1.54, 1.807) is 30.5 Å². The van der Waals surface area contributed by atoms with Gasteiger partial charge in [0, 0.05) is 18.4 Å². The first-order valence-electron chi connectivity index (χ1n) is 8.44. The first-order valence-corrected chi connectivity index (χ1v) is 9.23. The van der Waals surface area contributed by atoms with Crippen LogP contribution in [0.1, 0.15) is 15.9 Å². The largest absolute Gasteiger partial charge is 0.454 e. The third-order valence-corrected chi connectivity index (χ3v) is 4.67. The molecular formula is C20H15BrFN3O3. The van der Waals surface area contributed by atoms with Crippen molar-refractivity contribution >= 4 is 33.3 Å². The summed E-state index contributed by atoms with van der Waals surface area (Å²) in [5.74, 6) is 0.955. The summed E-state index contributed by atoms with van der Waals surface area (Å²) in [6.45, 7) is 0.469. The topological polar surface area (TPSA) is 72.5 Å². The molecule has 1 aromatic heterocycles. The molecule has 2 heterocycles. The minimum absolute atomic E-state index is 0.175. The molecule has 0 saturated heterocycles. The average Bonchev–Trinajstić information content (AvgIpc) is 3.16. The minimum atomic E-state index is -0.375. The quantitative estimate of drug-likeness (QED) is 0.611. The molecule has 0 atom stereocenters. The second-order valence-electron chi connectivity index (χ2n) is 6.03. The lowest BCUT2D eigenvalue weighted by Crippen LogP contribution is -2.24. The highest BCUT2D eigenvalue weighted by Gasteiger charge is 2.19. The molecule has 4 rings (SSSR count). The maximum absolute atomic E-state index is 13.4. The van der Waals surface area contributed by atoms with Crippen molar-refractivity contribution in [2.24, 2.45) is 0 Å². The van der Waals surface area contributed by atoms with E-state index in [4.69, 9.17) is 9.47 Å². The smallest absolute Gasteiger partial charge is 0.255 e. The lowest BCUT2D eigenvalue weighted by atomic mass is 10.2. The van der Waals surface area contributed by atoms with Crippen molar-refractivity contribution in [3.05, 3.63) is 76.1 Å². The molecule has 8 heteroatoms. The number of aromatic nitrogens is 1. The van der Waals surface area contributed by atoms with Crippen LogP contribution in [0.4, 0.5) is 15.9 Å². The van der Waals surface area contributed by atoms with Crippen molar-refractivity contribution in [1.29, 1.82) is 0 Å². The summed E-state index contributed by atoms with van der Waals surface area (Å²) in [5, 5.41) is 5.84. The lowest BCUT2D eigenvalue weighted by Gasteiger charge is -2.12. The van der Waals surface area contributed by atoms with Crippen LogP contribution in [0.2, 0.25) is 0 Å². The highest BCUT2D eigenvalue weighted by molar-refractivity contribution is 9.10. The zero-order chi connectivity index (χ0) is 19.5. The highest BCUT2D eigenvalue weighted by Crippen LogP contribution is 2.39. The fourth-order valence-electron chi connectivity index (χ4n) is 2.79. The van der Waals surface area contributed by atoms with E-state index in [1.807, 2.05) is 12.1 Å². The van der Waals surface area contributed by atoms with Gasteiger partial charge in [0.05, 0.1) is 10.0 Å². The number of carbonyl (C=O) groups is 1. The molecule has 142 valence electrons. The first kappa shape index (κ1) is 18.2. The Bertz CT molecular complexity index is 1040. The standard InChI is InChI=1S/C20H15BrFN3O3/c21-16-7-12(8-17-18(16)28-11-27-17)10-24-20(26)15-5-2-6-23-19(15)25-14-4-1-3-13(22)9-14/h1-9H,10-11H2,(H,23,25)(H,24,26). The maximum atomic E-state index is 13.4. The van der Waals surface area contributed by atoms with E-state index in [-0.39, 0.29) is 18.5 Å². The summed E-state index contributed by atoms with van der Waals surface area (Å²) in [7, 11) is 0. The fourth-order valence-corrected chi connectivity index (χ4v) is 3.40. The van der Waals surface area contributed by atoms with Gasteiger partial charge in [0.15, 0.2) is 11.5 Å². The second kappa shape index (κ2) is 7.85. The number of nitrogens with zero attached hydrogens (tertiary/aromatic N) is 1. The Hall–Kier alpha value is -3.13. The summed E-state index contributed by atoms with van der Waals surface area (Å²) in [4.78, 5) is 16.9. The predicted octanol–water partition coefficient (Wildman–Crippen LogP) is 4.39. The number of pyridine rings is 1. The van der Waals surface area contributed by atoms with Crippen molar-refractivity contribution in [3.8, 4) is 11.5 Å². The lowest BCUT2D eigenvalue weighted by molar-refractivity contribution is 0.0951. The maximum Gasteiger partial charge on any atom is 0.255 e. The zero-order valence-corrected chi connectivity index (χ0v) is 16.1. The van der Waals surface area contributed by atoms with Gasteiger partial charge in [-0.05, 0) is 64.0 Å². The zero-order valence-electron chi connectivity index (χ0n) is 14.5. The summed E-state index contributed by atoms with van der Waals surface area (Å²) < 4.78 is 24.9. The molecule has 0 unspecified atom stereocenters. The van der Waals surface area contributed by atoms with Crippen LogP contribution in [0.15, 0.2) is 59.2 Å². The van der Waals surface area contributed by atoms with Crippen molar-refractivity contribution in [3.63, 3.8) is 0 Å². The van der Waals surface area contributed by atoms with Crippen LogP contribution in [0.25, 0.3) is 0 Å². The van der Waals surface area contributed by atoms with E-state index < -0.39 is 0 Å². The Kier molecular flexibility index (Phi) is 5.12. The Morgan fingerprint density at radius 2 is 2.07 bits per heavy atom. The number of ether oxygens (including phenoxy) is 2. The van der Waals surface area contributed by atoms with E-state index in [1.165, 1.54) is 12.1 Å². The van der Waals surface area contributed by atoms with Crippen LogP contribution in [-0.4, -0.2) is 17.7 Å². The summed E-state index contributed by atoms with van der Waals surface area (Å²) in [6, 6.07) is 13.0. The molecule has 1 aliphatic rings. The Morgan fingerprint density at radius 1 is 1.18 bits per heavy atom. The molecule has 6 nitrogen and oxygen atoms in total. The van der Waals surface area contributed by atoms with Gasteiger partial charge in [-0.2, -0.15) is 0 Å². The molecular weight excluding hydrogens is 429 g/mol. The van der Waals surface area contributed by atoms with Gasteiger partial charge in [0.1, 0.15) is 11.6 Å². The summed E-state index contributed by atoms with van der Waals surface area (Å²) in [6.07, 6.45) is 1.56. The molecule has 0 bridgehead atoms. The molecule has 28 heavy (non-hydrogen) atoms. The van der Waals surface area contributed by atoms with Crippen molar-refractivity contribution < 1.29 is 18.7 Å². The number of hydrogen-bond acceptors (Lipinski definition) is 5. The molecule has 1 amide bonds. The van der Waals surface area contributed by atoms with Gasteiger partial charge in [-0.25, -0.2) is 9.37 Å². The van der Waals surface area contributed by atoms with E-state index >= 15 is 0 Å². The molecule has 0 fully saturated rings. The van der Waals surface area contributed by atoms with Gasteiger partial charge < -0.3 is 20.1 Å². The van der Waals surface area contributed by atoms with Gasteiger partial charge in [-0.15, -0.1) is 0 Å². The van der Waals surface area contributed by atoms with E-state index in [9.17, 15) is 9.18 Å². The Balaban J connectivity index is 1.49. The number of carbonyl (C=O) groups excluding carboxylic acids is 1. The molecule has 2 N–H and O–H groups in total.